The summed E-state index contributed by atoms with van der Waals surface area (Å²) in [6.07, 6.45) is 0.0292. The molecule has 0 spiro atoms. The Morgan fingerprint density at radius 1 is 1.08 bits per heavy atom. The van der Waals surface area contributed by atoms with E-state index in [2.05, 4.69) is 20.5 Å². The Hall–Kier alpha value is -4.59. The highest BCUT2D eigenvalue weighted by Crippen LogP contribution is 2.43. The van der Waals surface area contributed by atoms with Gasteiger partial charge in [-0.1, -0.05) is 12.1 Å². The Kier molecular flexibility index (Phi) is 5.95. The van der Waals surface area contributed by atoms with Crippen LogP contribution in [0.5, 0.6) is 0 Å². The zero-order chi connectivity index (χ0) is 26.3. The van der Waals surface area contributed by atoms with Crippen LogP contribution in [0, 0.1) is 5.82 Å². The number of rotatable bonds is 6. The van der Waals surface area contributed by atoms with E-state index in [1.165, 1.54) is 22.9 Å². The molecule has 4 heterocycles. The summed E-state index contributed by atoms with van der Waals surface area (Å²) in [5.74, 6) is -2.29. The summed E-state index contributed by atoms with van der Waals surface area (Å²) in [5.41, 5.74) is 4.35. The topological polar surface area (TPSA) is 121 Å². The molecule has 188 valence electrons. The molecule has 4 aromatic heterocycles. The minimum absolute atomic E-state index is 0.0133. The van der Waals surface area contributed by atoms with Crippen molar-refractivity contribution in [3.05, 3.63) is 83.1 Å². The zero-order valence-electron chi connectivity index (χ0n) is 18.5. The molecule has 0 aliphatic carbocycles. The summed E-state index contributed by atoms with van der Waals surface area (Å²) in [6, 6.07) is 8.67. The smallest absolute Gasteiger partial charge is 0.365 e. The molecule has 1 aromatic carbocycles. The van der Waals surface area contributed by atoms with Gasteiger partial charge in [0.05, 0.1) is 5.69 Å². The van der Waals surface area contributed by atoms with Crippen LogP contribution in [0.1, 0.15) is 25.9 Å². The van der Waals surface area contributed by atoms with Crippen LogP contribution >= 0.6 is 11.3 Å². The summed E-state index contributed by atoms with van der Waals surface area (Å²) in [6.45, 7) is 0.229. The van der Waals surface area contributed by atoms with Crippen LogP contribution in [-0.2, 0) is 12.8 Å². The largest absolute Gasteiger partial charge is 0.433 e. The van der Waals surface area contributed by atoms with Crippen molar-refractivity contribution in [1.29, 1.82) is 0 Å². The van der Waals surface area contributed by atoms with Crippen molar-refractivity contribution >= 4 is 39.1 Å². The fourth-order valence-electron chi connectivity index (χ4n) is 3.67. The van der Waals surface area contributed by atoms with Crippen molar-refractivity contribution in [3.8, 4) is 11.1 Å². The first kappa shape index (κ1) is 24.1. The predicted molar refractivity (Wildman–Crippen MR) is 126 cm³/mol. The SMILES string of the molecule is NC(=O)c1sc2nc(C(F)(F)F)cc(-c3ccc(F)cc3)c2c1NC(=O)c1ccn(Cn2cccn2)n1. The Labute approximate surface area is 209 Å². The maximum Gasteiger partial charge on any atom is 0.433 e. The van der Waals surface area contributed by atoms with E-state index in [9.17, 15) is 27.2 Å². The Morgan fingerprint density at radius 2 is 1.84 bits per heavy atom. The number of carbonyl (C=O) groups is 2. The Morgan fingerprint density at radius 3 is 2.49 bits per heavy atom. The first-order chi connectivity index (χ1) is 17.6. The fourth-order valence-corrected chi connectivity index (χ4v) is 4.67. The molecule has 0 atom stereocenters. The van der Waals surface area contributed by atoms with E-state index in [1.807, 2.05) is 0 Å². The number of fused-ring (bicyclic) bond motifs is 1. The van der Waals surface area contributed by atoms with Gasteiger partial charge >= 0.3 is 6.18 Å². The molecular weight excluding hydrogens is 514 g/mol. The van der Waals surface area contributed by atoms with Crippen LogP contribution in [-0.4, -0.2) is 36.4 Å². The lowest BCUT2D eigenvalue weighted by molar-refractivity contribution is -0.140. The van der Waals surface area contributed by atoms with E-state index in [0.717, 1.165) is 18.2 Å². The second-order valence-electron chi connectivity index (χ2n) is 7.79. The Bertz CT molecular complexity index is 1620. The lowest BCUT2D eigenvalue weighted by Crippen LogP contribution is -2.18. The number of pyridine rings is 1. The lowest BCUT2D eigenvalue weighted by Gasteiger charge is -2.12. The molecule has 0 fully saturated rings. The van der Waals surface area contributed by atoms with Gasteiger partial charge in [0.15, 0.2) is 5.69 Å². The third-order valence-electron chi connectivity index (χ3n) is 5.29. The molecule has 0 bridgehead atoms. The van der Waals surface area contributed by atoms with Crippen molar-refractivity contribution in [2.45, 2.75) is 12.8 Å². The second kappa shape index (κ2) is 9.13. The number of primary amides is 1. The van der Waals surface area contributed by atoms with Crippen molar-refractivity contribution < 1.29 is 27.2 Å². The first-order valence-corrected chi connectivity index (χ1v) is 11.3. The summed E-state index contributed by atoms with van der Waals surface area (Å²) in [5, 5.41) is 10.9. The number of thiophene rings is 1. The number of benzene rings is 1. The van der Waals surface area contributed by atoms with Gasteiger partial charge in [-0.2, -0.15) is 23.4 Å². The average molecular weight is 529 g/mol. The molecule has 37 heavy (non-hydrogen) atoms. The van der Waals surface area contributed by atoms with Gasteiger partial charge in [-0.3, -0.25) is 19.0 Å². The number of hydrogen-bond donors (Lipinski definition) is 2. The molecule has 5 rings (SSSR count). The number of nitrogens with two attached hydrogens (primary N) is 1. The molecule has 0 aliphatic rings. The van der Waals surface area contributed by atoms with E-state index in [0.29, 0.717) is 11.3 Å². The zero-order valence-corrected chi connectivity index (χ0v) is 19.3. The molecule has 0 saturated heterocycles. The van der Waals surface area contributed by atoms with Gasteiger partial charge in [0.25, 0.3) is 11.8 Å². The Balaban J connectivity index is 1.61. The van der Waals surface area contributed by atoms with Gasteiger partial charge in [0, 0.05) is 24.0 Å². The molecular formula is C23H15F4N7O2S. The molecule has 9 nitrogen and oxygen atoms in total. The van der Waals surface area contributed by atoms with E-state index in [1.54, 1.807) is 29.3 Å². The summed E-state index contributed by atoms with van der Waals surface area (Å²) < 4.78 is 57.4. The van der Waals surface area contributed by atoms with Gasteiger partial charge in [-0.05, 0) is 41.5 Å². The molecule has 0 radical (unpaired) electrons. The van der Waals surface area contributed by atoms with Crippen LogP contribution in [0.3, 0.4) is 0 Å². The number of halogens is 4. The fraction of sp³-hybridized carbons (Fsp3) is 0.0870. The van der Waals surface area contributed by atoms with E-state index in [-0.39, 0.29) is 44.3 Å². The minimum Gasteiger partial charge on any atom is -0.365 e. The number of hydrogen-bond acceptors (Lipinski definition) is 6. The minimum atomic E-state index is -4.80. The number of carbonyl (C=O) groups excluding carboxylic acids is 2. The van der Waals surface area contributed by atoms with E-state index < -0.39 is 29.5 Å². The van der Waals surface area contributed by atoms with Gasteiger partial charge in [0.1, 0.15) is 27.9 Å². The van der Waals surface area contributed by atoms with Crippen LogP contribution in [0.2, 0.25) is 0 Å². The highest BCUT2D eigenvalue weighted by Gasteiger charge is 2.35. The standard InChI is InChI=1S/C23H15F4N7O2S/c24-13-4-2-12(3-5-13)14-10-16(23(25,26)27)30-22-17(14)18(19(37-22)20(28)35)31-21(36)15-6-9-34(32-15)11-33-8-1-7-29-33/h1-10H,11H2,(H2,28,35)(H,31,36). The van der Waals surface area contributed by atoms with E-state index >= 15 is 0 Å². The molecule has 0 aliphatic heterocycles. The summed E-state index contributed by atoms with van der Waals surface area (Å²) >= 11 is 0.608. The van der Waals surface area contributed by atoms with Gasteiger partial charge in [-0.15, -0.1) is 11.3 Å². The first-order valence-electron chi connectivity index (χ1n) is 10.5. The monoisotopic (exact) mass is 529 g/mol. The maximum atomic E-state index is 13.6. The van der Waals surface area contributed by atoms with Crippen molar-refractivity contribution in [3.63, 3.8) is 0 Å². The molecule has 5 aromatic rings. The van der Waals surface area contributed by atoms with Gasteiger partial charge < -0.3 is 11.1 Å². The van der Waals surface area contributed by atoms with Crippen LogP contribution in [0.4, 0.5) is 23.2 Å². The number of amides is 2. The number of nitrogens with zero attached hydrogens (tertiary/aromatic N) is 5. The highest BCUT2D eigenvalue weighted by molar-refractivity contribution is 7.21. The highest BCUT2D eigenvalue weighted by atomic mass is 32.1. The van der Waals surface area contributed by atoms with Crippen molar-refractivity contribution in [1.82, 2.24) is 24.5 Å². The molecule has 2 amide bonds. The average Bonchev–Trinajstić information content (AvgIpc) is 3.59. The van der Waals surface area contributed by atoms with Crippen LogP contribution in [0.25, 0.3) is 21.3 Å². The van der Waals surface area contributed by atoms with Crippen molar-refractivity contribution in [2.24, 2.45) is 5.73 Å². The summed E-state index contributed by atoms with van der Waals surface area (Å²) in [4.78, 5) is 28.6. The lowest BCUT2D eigenvalue weighted by atomic mass is 10.0. The van der Waals surface area contributed by atoms with E-state index in [4.69, 9.17) is 5.73 Å². The number of alkyl halides is 3. The number of anilines is 1. The molecule has 0 saturated carbocycles. The van der Waals surface area contributed by atoms with Crippen molar-refractivity contribution in [2.75, 3.05) is 5.32 Å². The van der Waals surface area contributed by atoms with Gasteiger partial charge in [-0.25, -0.2) is 9.37 Å². The van der Waals surface area contributed by atoms with Crippen LogP contribution in [0.15, 0.2) is 61.1 Å². The predicted octanol–water partition coefficient (Wildman–Crippen LogP) is 4.37. The van der Waals surface area contributed by atoms with Crippen LogP contribution < -0.4 is 11.1 Å². The summed E-state index contributed by atoms with van der Waals surface area (Å²) in [7, 11) is 0. The third-order valence-corrected chi connectivity index (χ3v) is 6.39. The number of aromatic nitrogens is 5. The molecule has 3 N–H and O–H groups in total. The normalized spacial score (nSPS) is 11.7. The number of nitrogens with one attached hydrogen (secondary N) is 1. The molecule has 0 unspecified atom stereocenters. The quantitative estimate of drug-likeness (QED) is 0.317. The van der Waals surface area contributed by atoms with Gasteiger partial charge in [0.2, 0.25) is 0 Å². The molecule has 14 heteroatoms. The second-order valence-corrected chi connectivity index (χ2v) is 8.79. The maximum absolute atomic E-state index is 13.6. The third kappa shape index (κ3) is 4.78.